The van der Waals surface area contributed by atoms with Gasteiger partial charge >= 0.3 is 0 Å². The molecule has 0 aliphatic heterocycles. The van der Waals surface area contributed by atoms with Crippen LogP contribution in [0.25, 0.3) is 0 Å². The third-order valence-corrected chi connectivity index (χ3v) is 2.46. The fourth-order valence-corrected chi connectivity index (χ4v) is 1.55. The summed E-state index contributed by atoms with van der Waals surface area (Å²) in [6.45, 7) is 1.82. The molecular weight excluding hydrogens is 224 g/mol. The summed E-state index contributed by atoms with van der Waals surface area (Å²) in [5, 5.41) is 10.4. The molecule has 0 amide bonds. The molecule has 0 spiro atoms. The molecule has 0 fully saturated rings. The third kappa shape index (κ3) is 2.28. The molecule has 2 aromatic rings. The lowest BCUT2D eigenvalue weighted by Gasteiger charge is -2.09. The van der Waals surface area contributed by atoms with Crippen LogP contribution in [0.3, 0.4) is 0 Å². The molecule has 1 N–H and O–H groups in total. The van der Waals surface area contributed by atoms with E-state index in [0.29, 0.717) is 16.5 Å². The molecule has 0 aromatic heterocycles. The van der Waals surface area contributed by atoms with Crippen LogP contribution in [0.1, 0.15) is 5.56 Å². The van der Waals surface area contributed by atoms with Crippen molar-refractivity contribution >= 4 is 11.6 Å². The first-order valence-corrected chi connectivity index (χ1v) is 5.26. The van der Waals surface area contributed by atoms with E-state index in [1.807, 2.05) is 19.1 Å². The van der Waals surface area contributed by atoms with Crippen LogP contribution in [0.2, 0.25) is 5.02 Å². The smallest absolute Gasteiger partial charge is 0.169 e. The van der Waals surface area contributed by atoms with Crippen LogP contribution in [-0.4, -0.2) is 5.11 Å². The van der Waals surface area contributed by atoms with Crippen LogP contribution in [0.4, 0.5) is 0 Å². The zero-order valence-electron chi connectivity index (χ0n) is 8.77. The molecule has 0 saturated heterocycles. The molecule has 0 radical (unpaired) electrons. The maximum absolute atomic E-state index is 9.77. The van der Waals surface area contributed by atoms with Gasteiger partial charge in [-0.1, -0.05) is 29.8 Å². The molecular formula is C13H11ClO2. The summed E-state index contributed by atoms with van der Waals surface area (Å²) in [5.74, 6) is 1.19. The fraction of sp³-hybridized carbons (Fsp3) is 0.0769. The van der Waals surface area contributed by atoms with Gasteiger partial charge in [0, 0.05) is 5.02 Å². The molecule has 2 aromatic carbocycles. The Morgan fingerprint density at radius 2 is 1.88 bits per heavy atom. The molecule has 0 heterocycles. The van der Waals surface area contributed by atoms with Gasteiger partial charge in [-0.05, 0) is 36.8 Å². The van der Waals surface area contributed by atoms with Crippen molar-refractivity contribution in [1.82, 2.24) is 0 Å². The standard InChI is InChI=1S/C13H11ClO2/c1-9-4-2-7-12(13(9)15)16-11-6-3-5-10(14)8-11/h2-8,15H,1H3. The fourth-order valence-electron chi connectivity index (χ4n) is 1.37. The quantitative estimate of drug-likeness (QED) is 0.846. The number of phenolic OH excluding ortho intramolecular Hbond substituents is 1. The maximum atomic E-state index is 9.77. The minimum absolute atomic E-state index is 0.155. The summed E-state index contributed by atoms with van der Waals surface area (Å²) >= 11 is 5.84. The monoisotopic (exact) mass is 234 g/mol. The van der Waals surface area contributed by atoms with E-state index in [-0.39, 0.29) is 5.75 Å². The summed E-state index contributed by atoms with van der Waals surface area (Å²) in [6.07, 6.45) is 0. The van der Waals surface area contributed by atoms with E-state index in [4.69, 9.17) is 16.3 Å². The van der Waals surface area contributed by atoms with Crippen molar-refractivity contribution in [2.24, 2.45) is 0 Å². The number of para-hydroxylation sites is 1. The van der Waals surface area contributed by atoms with Gasteiger partial charge in [0.25, 0.3) is 0 Å². The molecule has 82 valence electrons. The highest BCUT2D eigenvalue weighted by molar-refractivity contribution is 6.30. The Hall–Kier alpha value is -1.67. The van der Waals surface area contributed by atoms with E-state index >= 15 is 0 Å². The minimum atomic E-state index is 0.155. The largest absolute Gasteiger partial charge is 0.504 e. The van der Waals surface area contributed by atoms with Crippen molar-refractivity contribution in [3.05, 3.63) is 53.1 Å². The lowest BCUT2D eigenvalue weighted by molar-refractivity contribution is 0.408. The number of halogens is 1. The van der Waals surface area contributed by atoms with Gasteiger partial charge in [0.1, 0.15) is 5.75 Å². The molecule has 0 aliphatic carbocycles. The van der Waals surface area contributed by atoms with Gasteiger partial charge in [0.15, 0.2) is 11.5 Å². The number of aryl methyl sites for hydroxylation is 1. The molecule has 0 aliphatic rings. The first kappa shape index (κ1) is 10.8. The van der Waals surface area contributed by atoms with Gasteiger partial charge in [-0.25, -0.2) is 0 Å². The SMILES string of the molecule is Cc1cccc(Oc2cccc(Cl)c2)c1O. The van der Waals surface area contributed by atoms with Gasteiger partial charge in [-0.2, -0.15) is 0 Å². The Balaban J connectivity index is 2.31. The number of ether oxygens (including phenoxy) is 1. The second kappa shape index (κ2) is 4.45. The Morgan fingerprint density at radius 1 is 1.12 bits per heavy atom. The molecule has 2 nitrogen and oxygen atoms in total. The average molecular weight is 235 g/mol. The van der Waals surface area contributed by atoms with E-state index in [1.165, 1.54) is 0 Å². The third-order valence-electron chi connectivity index (χ3n) is 2.22. The molecule has 0 unspecified atom stereocenters. The molecule has 3 heteroatoms. The summed E-state index contributed by atoms with van der Waals surface area (Å²) in [5.41, 5.74) is 0.777. The van der Waals surface area contributed by atoms with Crippen molar-refractivity contribution in [3.8, 4) is 17.2 Å². The number of benzene rings is 2. The molecule has 0 atom stereocenters. The molecule has 16 heavy (non-hydrogen) atoms. The van der Waals surface area contributed by atoms with Crippen LogP contribution in [0.15, 0.2) is 42.5 Å². The predicted molar refractivity (Wildman–Crippen MR) is 64.4 cm³/mol. The highest BCUT2D eigenvalue weighted by Crippen LogP contribution is 2.33. The lowest BCUT2D eigenvalue weighted by Crippen LogP contribution is -1.86. The Labute approximate surface area is 99.1 Å². The number of rotatable bonds is 2. The van der Waals surface area contributed by atoms with Crippen LogP contribution < -0.4 is 4.74 Å². The van der Waals surface area contributed by atoms with E-state index in [9.17, 15) is 5.11 Å². The Morgan fingerprint density at radius 3 is 2.62 bits per heavy atom. The van der Waals surface area contributed by atoms with Crippen molar-refractivity contribution in [2.75, 3.05) is 0 Å². The maximum Gasteiger partial charge on any atom is 0.169 e. The Bertz CT molecular complexity index is 509. The number of phenols is 1. The summed E-state index contributed by atoms with van der Waals surface area (Å²) < 4.78 is 5.54. The summed E-state index contributed by atoms with van der Waals surface area (Å²) in [7, 11) is 0. The zero-order chi connectivity index (χ0) is 11.5. The number of hydrogen-bond acceptors (Lipinski definition) is 2. The number of aromatic hydroxyl groups is 1. The average Bonchev–Trinajstić information content (AvgIpc) is 2.25. The van der Waals surface area contributed by atoms with Crippen molar-refractivity contribution in [2.45, 2.75) is 6.92 Å². The van der Waals surface area contributed by atoms with E-state index in [1.54, 1.807) is 30.3 Å². The summed E-state index contributed by atoms with van der Waals surface area (Å²) in [6, 6.07) is 12.4. The van der Waals surface area contributed by atoms with Crippen LogP contribution in [0.5, 0.6) is 17.2 Å². The van der Waals surface area contributed by atoms with Crippen LogP contribution in [-0.2, 0) is 0 Å². The van der Waals surface area contributed by atoms with Crippen LogP contribution >= 0.6 is 11.6 Å². The first-order valence-electron chi connectivity index (χ1n) is 4.89. The van der Waals surface area contributed by atoms with E-state index in [2.05, 4.69) is 0 Å². The predicted octanol–water partition coefficient (Wildman–Crippen LogP) is 4.15. The first-order chi connectivity index (χ1) is 7.66. The van der Waals surface area contributed by atoms with Crippen LogP contribution in [0, 0.1) is 6.92 Å². The highest BCUT2D eigenvalue weighted by atomic mass is 35.5. The highest BCUT2D eigenvalue weighted by Gasteiger charge is 2.05. The molecule has 0 saturated carbocycles. The van der Waals surface area contributed by atoms with E-state index in [0.717, 1.165) is 5.56 Å². The van der Waals surface area contributed by atoms with Crippen molar-refractivity contribution in [1.29, 1.82) is 0 Å². The van der Waals surface area contributed by atoms with Gasteiger partial charge in [0.2, 0.25) is 0 Å². The molecule has 2 rings (SSSR count). The summed E-state index contributed by atoms with van der Waals surface area (Å²) in [4.78, 5) is 0. The van der Waals surface area contributed by atoms with Crippen molar-refractivity contribution in [3.63, 3.8) is 0 Å². The normalized spacial score (nSPS) is 10.1. The van der Waals surface area contributed by atoms with Crippen molar-refractivity contribution < 1.29 is 9.84 Å². The minimum Gasteiger partial charge on any atom is -0.504 e. The Kier molecular flexibility index (Phi) is 3.02. The van der Waals surface area contributed by atoms with Gasteiger partial charge in [-0.15, -0.1) is 0 Å². The topological polar surface area (TPSA) is 29.5 Å². The molecule has 0 bridgehead atoms. The second-order valence-electron chi connectivity index (χ2n) is 3.48. The number of hydrogen-bond donors (Lipinski definition) is 1. The van der Waals surface area contributed by atoms with E-state index < -0.39 is 0 Å². The van der Waals surface area contributed by atoms with Gasteiger partial charge < -0.3 is 9.84 Å². The van der Waals surface area contributed by atoms with Gasteiger partial charge in [-0.3, -0.25) is 0 Å². The lowest BCUT2D eigenvalue weighted by atomic mass is 10.2. The second-order valence-corrected chi connectivity index (χ2v) is 3.92. The van der Waals surface area contributed by atoms with Gasteiger partial charge in [0.05, 0.1) is 0 Å². The zero-order valence-corrected chi connectivity index (χ0v) is 9.53.